The molecule has 1 aromatic carbocycles. The molecule has 0 amide bonds. The van der Waals surface area contributed by atoms with Crippen LogP contribution < -0.4 is 0 Å². The molecule has 3 heteroatoms. The second kappa shape index (κ2) is 6.94. The molecule has 1 aromatic heterocycles. The van der Waals surface area contributed by atoms with Crippen LogP contribution in [0.25, 0.3) is 11.4 Å². The third-order valence-electron chi connectivity index (χ3n) is 2.94. The molecule has 1 radical (unpaired) electrons. The zero-order valence-electron chi connectivity index (χ0n) is 10.9. The van der Waals surface area contributed by atoms with Crippen LogP contribution in [0.1, 0.15) is 44.9 Å². The normalized spacial score (nSPS) is 10.7. The number of hydrogen-bond donors (Lipinski definition) is 0. The molecule has 0 fully saturated rings. The highest BCUT2D eigenvalue weighted by atomic mass is 16.5. The molecule has 0 saturated carbocycles. The van der Waals surface area contributed by atoms with Crippen molar-refractivity contribution >= 4 is 0 Å². The van der Waals surface area contributed by atoms with E-state index < -0.39 is 0 Å². The number of benzene rings is 1. The fourth-order valence-corrected chi connectivity index (χ4v) is 1.89. The van der Waals surface area contributed by atoms with Crippen LogP contribution in [0.2, 0.25) is 0 Å². The summed E-state index contributed by atoms with van der Waals surface area (Å²) in [5, 5.41) is 4.00. The van der Waals surface area contributed by atoms with E-state index in [0.29, 0.717) is 5.82 Å². The van der Waals surface area contributed by atoms with Crippen LogP contribution in [0.5, 0.6) is 0 Å². The van der Waals surface area contributed by atoms with Crippen molar-refractivity contribution in [1.29, 1.82) is 0 Å². The number of unbranched alkanes of at least 4 members (excludes halogenated alkanes) is 4. The summed E-state index contributed by atoms with van der Waals surface area (Å²) < 4.78 is 5.25. The van der Waals surface area contributed by atoms with Gasteiger partial charge in [0.2, 0.25) is 11.7 Å². The average Bonchev–Trinajstić information content (AvgIpc) is 2.88. The molecule has 3 nitrogen and oxygen atoms in total. The maximum Gasteiger partial charge on any atom is 0.226 e. The lowest BCUT2D eigenvalue weighted by Crippen LogP contribution is -1.86. The number of aromatic nitrogens is 2. The van der Waals surface area contributed by atoms with E-state index in [1.54, 1.807) is 0 Å². The molecule has 95 valence electrons. The molecule has 0 aliphatic rings. The van der Waals surface area contributed by atoms with E-state index in [-0.39, 0.29) is 0 Å². The van der Waals surface area contributed by atoms with Crippen molar-refractivity contribution in [3.8, 4) is 11.4 Å². The van der Waals surface area contributed by atoms with Crippen molar-refractivity contribution in [1.82, 2.24) is 10.1 Å². The van der Waals surface area contributed by atoms with Gasteiger partial charge in [-0.15, -0.1) is 0 Å². The van der Waals surface area contributed by atoms with E-state index in [9.17, 15) is 0 Å². The maximum absolute atomic E-state index is 5.25. The van der Waals surface area contributed by atoms with Crippen LogP contribution in [0, 0.1) is 6.07 Å². The highest BCUT2D eigenvalue weighted by molar-refractivity contribution is 5.53. The van der Waals surface area contributed by atoms with Crippen molar-refractivity contribution in [3.05, 3.63) is 36.2 Å². The minimum atomic E-state index is 0.674. The van der Waals surface area contributed by atoms with Gasteiger partial charge >= 0.3 is 0 Å². The predicted octanol–water partition coefficient (Wildman–Crippen LogP) is 4.05. The predicted molar refractivity (Wildman–Crippen MR) is 71.0 cm³/mol. The van der Waals surface area contributed by atoms with Crippen molar-refractivity contribution < 1.29 is 4.52 Å². The molecule has 2 rings (SSSR count). The summed E-state index contributed by atoms with van der Waals surface area (Å²) in [6.45, 7) is 2.22. The highest BCUT2D eigenvalue weighted by Crippen LogP contribution is 2.15. The molecule has 0 N–H and O–H groups in total. The van der Waals surface area contributed by atoms with Crippen LogP contribution in [0.4, 0.5) is 0 Å². The quantitative estimate of drug-likeness (QED) is 0.689. The summed E-state index contributed by atoms with van der Waals surface area (Å²) in [6.07, 6.45) is 7.14. The molecule has 0 saturated heterocycles. The Balaban J connectivity index is 1.83. The van der Waals surface area contributed by atoms with Gasteiger partial charge in [0, 0.05) is 12.0 Å². The summed E-state index contributed by atoms with van der Waals surface area (Å²) >= 11 is 0. The fraction of sp³-hybridized carbons (Fsp3) is 0.467. The van der Waals surface area contributed by atoms with Crippen molar-refractivity contribution in [2.75, 3.05) is 0 Å². The molecule has 0 spiro atoms. The van der Waals surface area contributed by atoms with Crippen LogP contribution in [-0.2, 0) is 6.42 Å². The monoisotopic (exact) mass is 243 g/mol. The Morgan fingerprint density at radius 3 is 2.67 bits per heavy atom. The van der Waals surface area contributed by atoms with Gasteiger partial charge in [0.1, 0.15) is 0 Å². The van der Waals surface area contributed by atoms with Gasteiger partial charge in [0.25, 0.3) is 0 Å². The topological polar surface area (TPSA) is 38.9 Å². The van der Waals surface area contributed by atoms with Crippen molar-refractivity contribution in [2.24, 2.45) is 0 Å². The SMILES string of the molecule is CCCCCCCc1nc(-c2cc[c]cc2)no1. The van der Waals surface area contributed by atoms with E-state index in [4.69, 9.17) is 4.52 Å². The van der Waals surface area contributed by atoms with Crippen molar-refractivity contribution in [3.63, 3.8) is 0 Å². The Bertz CT molecular complexity index is 451. The number of hydrogen-bond acceptors (Lipinski definition) is 3. The molecular weight excluding hydrogens is 224 g/mol. The van der Waals surface area contributed by atoms with Gasteiger partial charge in [-0.1, -0.05) is 62.0 Å². The Hall–Kier alpha value is -1.64. The smallest absolute Gasteiger partial charge is 0.226 e. The van der Waals surface area contributed by atoms with Crippen LogP contribution >= 0.6 is 0 Å². The van der Waals surface area contributed by atoms with Gasteiger partial charge < -0.3 is 4.52 Å². The summed E-state index contributed by atoms with van der Waals surface area (Å²) in [5.41, 5.74) is 0.981. The van der Waals surface area contributed by atoms with E-state index >= 15 is 0 Å². The first-order valence-corrected chi connectivity index (χ1v) is 6.69. The molecule has 0 aliphatic carbocycles. The molecule has 0 bridgehead atoms. The lowest BCUT2D eigenvalue weighted by molar-refractivity contribution is 0.374. The van der Waals surface area contributed by atoms with Gasteiger partial charge in [0.15, 0.2) is 0 Å². The number of rotatable bonds is 7. The average molecular weight is 243 g/mol. The van der Waals surface area contributed by atoms with Crippen LogP contribution in [0.15, 0.2) is 28.8 Å². The Morgan fingerprint density at radius 1 is 1.11 bits per heavy atom. The number of aryl methyl sites for hydroxylation is 1. The second-order valence-electron chi connectivity index (χ2n) is 4.46. The Morgan fingerprint density at radius 2 is 1.89 bits per heavy atom. The molecule has 18 heavy (non-hydrogen) atoms. The minimum absolute atomic E-state index is 0.674. The summed E-state index contributed by atoms with van der Waals surface area (Å²) in [7, 11) is 0. The Labute approximate surface area is 108 Å². The maximum atomic E-state index is 5.25. The minimum Gasteiger partial charge on any atom is -0.339 e. The first kappa shape index (κ1) is 12.8. The van der Waals surface area contributed by atoms with E-state index in [2.05, 4.69) is 23.1 Å². The summed E-state index contributed by atoms with van der Waals surface area (Å²) in [4.78, 5) is 4.41. The van der Waals surface area contributed by atoms with Gasteiger partial charge in [-0.05, 0) is 12.5 Å². The highest BCUT2D eigenvalue weighted by Gasteiger charge is 2.07. The largest absolute Gasteiger partial charge is 0.339 e. The van der Waals surface area contributed by atoms with Gasteiger partial charge in [-0.3, -0.25) is 0 Å². The molecule has 0 unspecified atom stereocenters. The molecule has 1 heterocycles. The summed E-state index contributed by atoms with van der Waals surface area (Å²) in [6, 6.07) is 10.6. The van der Waals surface area contributed by atoms with Gasteiger partial charge in [-0.25, -0.2) is 0 Å². The third kappa shape index (κ3) is 3.69. The van der Waals surface area contributed by atoms with Gasteiger partial charge in [0.05, 0.1) is 0 Å². The first-order valence-electron chi connectivity index (χ1n) is 6.69. The lowest BCUT2D eigenvalue weighted by Gasteiger charge is -1.96. The van der Waals surface area contributed by atoms with Crippen molar-refractivity contribution in [2.45, 2.75) is 45.4 Å². The van der Waals surface area contributed by atoms with E-state index in [0.717, 1.165) is 24.3 Å². The summed E-state index contributed by atoms with van der Waals surface area (Å²) in [5.74, 6) is 1.42. The molecule has 2 aromatic rings. The molecule has 0 aliphatic heterocycles. The first-order chi connectivity index (χ1) is 8.90. The number of nitrogens with zero attached hydrogens (tertiary/aromatic N) is 2. The molecule has 0 atom stereocenters. The zero-order valence-corrected chi connectivity index (χ0v) is 10.9. The van der Waals surface area contributed by atoms with Crippen LogP contribution in [0.3, 0.4) is 0 Å². The van der Waals surface area contributed by atoms with Crippen LogP contribution in [-0.4, -0.2) is 10.1 Å². The second-order valence-corrected chi connectivity index (χ2v) is 4.46. The fourth-order valence-electron chi connectivity index (χ4n) is 1.89. The lowest BCUT2D eigenvalue weighted by atomic mass is 10.1. The van der Waals surface area contributed by atoms with E-state index in [1.807, 2.05) is 24.3 Å². The standard InChI is InChI=1S/C15H19N2O/c1-2-3-4-5-9-12-14-16-15(17-18-14)13-10-7-6-8-11-13/h7-8,10-11H,2-5,9,12H2,1H3. The zero-order chi connectivity index (χ0) is 12.6. The third-order valence-corrected chi connectivity index (χ3v) is 2.94. The van der Waals surface area contributed by atoms with E-state index in [1.165, 1.54) is 25.7 Å². The van der Waals surface area contributed by atoms with Gasteiger partial charge in [-0.2, -0.15) is 4.98 Å². The molecular formula is C15H19N2O. The Kier molecular flexibility index (Phi) is 4.94.